The first-order chi connectivity index (χ1) is 16.3. The van der Waals surface area contributed by atoms with Crippen molar-refractivity contribution in [3.8, 4) is 5.75 Å². The first-order valence-electron chi connectivity index (χ1n) is 9.98. The van der Waals surface area contributed by atoms with Gasteiger partial charge in [-0.05, 0) is 59.3 Å². The molecule has 1 amide bonds. The molecule has 3 rings (SSSR count). The lowest BCUT2D eigenvalue weighted by molar-refractivity contribution is -0.120. The van der Waals surface area contributed by atoms with E-state index in [-0.39, 0.29) is 11.7 Å². The van der Waals surface area contributed by atoms with E-state index in [1.807, 2.05) is 16.7 Å². The lowest BCUT2D eigenvalue weighted by Gasteiger charge is -2.12. The number of rotatable bonds is 10. The number of allylic oxidation sites excluding steroid dienone is 1. The Kier molecular flexibility index (Phi) is 9.57. The van der Waals surface area contributed by atoms with Crippen LogP contribution >= 0.6 is 55.2 Å². The van der Waals surface area contributed by atoms with Gasteiger partial charge in [-0.3, -0.25) is 4.79 Å². The molecule has 0 saturated carbocycles. The molecule has 8 nitrogen and oxygen atoms in total. The fraction of sp³-hybridized carbons (Fsp3) is 0.182. The summed E-state index contributed by atoms with van der Waals surface area (Å²) in [4.78, 5) is 12.5. The molecule has 0 unspecified atom stereocenters. The number of aromatic nitrogens is 3. The van der Waals surface area contributed by atoms with E-state index in [1.165, 1.54) is 18.0 Å². The summed E-state index contributed by atoms with van der Waals surface area (Å²) in [6.45, 7) is 6.49. The lowest BCUT2D eigenvalue weighted by atomic mass is 10.2. The van der Waals surface area contributed by atoms with Gasteiger partial charge in [-0.1, -0.05) is 45.4 Å². The summed E-state index contributed by atoms with van der Waals surface area (Å²) in [7, 11) is 0. The van der Waals surface area contributed by atoms with Crippen LogP contribution in [0.5, 0.6) is 5.75 Å². The van der Waals surface area contributed by atoms with Crippen molar-refractivity contribution >= 4 is 73.0 Å². The number of nitrogens with one attached hydrogen (secondary N) is 2. The molecule has 0 bridgehead atoms. The zero-order chi connectivity index (χ0) is 24.7. The fourth-order valence-electron chi connectivity index (χ4n) is 2.75. The zero-order valence-electron chi connectivity index (χ0n) is 18.0. The van der Waals surface area contributed by atoms with Crippen LogP contribution < -0.4 is 10.7 Å². The second kappa shape index (κ2) is 12.4. The van der Waals surface area contributed by atoms with Gasteiger partial charge in [-0.25, -0.2) is 5.43 Å². The minimum atomic E-state index is -0.496. The minimum absolute atomic E-state index is 0.0286. The fourth-order valence-corrected chi connectivity index (χ4v) is 5.01. The van der Waals surface area contributed by atoms with Crippen LogP contribution in [0.4, 0.5) is 5.69 Å². The molecular formula is C22H21Br2ClN6O2S. The molecule has 0 saturated heterocycles. The highest BCUT2D eigenvalue weighted by molar-refractivity contribution is 9.11. The van der Waals surface area contributed by atoms with Crippen molar-refractivity contribution in [3.05, 3.63) is 74.4 Å². The zero-order valence-corrected chi connectivity index (χ0v) is 22.7. The molecule has 0 aliphatic carbocycles. The van der Waals surface area contributed by atoms with Crippen molar-refractivity contribution in [1.29, 1.82) is 0 Å². The van der Waals surface area contributed by atoms with Crippen molar-refractivity contribution in [3.63, 3.8) is 0 Å². The molecule has 0 aliphatic heterocycles. The second-order valence-corrected chi connectivity index (χ2v) is 10.5. The number of halogens is 3. The highest BCUT2D eigenvalue weighted by Gasteiger charge is 2.19. The summed E-state index contributed by atoms with van der Waals surface area (Å²) in [5.41, 5.74) is 3.85. The molecule has 3 aromatic rings. The molecule has 12 heteroatoms. The van der Waals surface area contributed by atoms with Gasteiger partial charge in [-0.2, -0.15) is 5.10 Å². The molecule has 0 aliphatic rings. The molecule has 1 heterocycles. The number of aromatic hydroxyl groups is 1. The first-order valence-corrected chi connectivity index (χ1v) is 12.8. The van der Waals surface area contributed by atoms with E-state index < -0.39 is 5.25 Å². The average molecular weight is 629 g/mol. The maximum atomic E-state index is 12.5. The van der Waals surface area contributed by atoms with Gasteiger partial charge in [0.15, 0.2) is 11.0 Å². The van der Waals surface area contributed by atoms with Crippen LogP contribution in [-0.2, 0) is 17.9 Å². The van der Waals surface area contributed by atoms with E-state index in [0.29, 0.717) is 39.1 Å². The number of phenols is 1. The van der Waals surface area contributed by atoms with Crippen LogP contribution in [0.2, 0.25) is 5.02 Å². The van der Waals surface area contributed by atoms with Gasteiger partial charge < -0.3 is 15.0 Å². The number of thioether (sulfide) groups is 1. The Morgan fingerprint density at radius 1 is 1.32 bits per heavy atom. The Labute approximate surface area is 223 Å². The summed E-state index contributed by atoms with van der Waals surface area (Å²) in [6, 6.07) is 10.8. The Morgan fingerprint density at radius 2 is 2.06 bits per heavy atom. The lowest BCUT2D eigenvalue weighted by Crippen LogP contribution is -2.27. The van der Waals surface area contributed by atoms with Crippen molar-refractivity contribution < 1.29 is 9.90 Å². The summed E-state index contributed by atoms with van der Waals surface area (Å²) in [6.07, 6.45) is 3.12. The van der Waals surface area contributed by atoms with E-state index in [4.69, 9.17) is 11.6 Å². The number of phenolic OH excluding ortho intramolecular Hbond substituents is 1. The van der Waals surface area contributed by atoms with Crippen LogP contribution in [0.3, 0.4) is 0 Å². The number of amides is 1. The Morgan fingerprint density at radius 3 is 2.76 bits per heavy atom. The quantitative estimate of drug-likeness (QED) is 0.117. The number of carbonyl (C=O) groups is 1. The molecule has 1 aromatic heterocycles. The molecule has 3 N–H and O–H groups in total. The standard InChI is InChI=1S/C22H21Br2ClN6O2S/c1-3-8-31-19(12-26-17-6-4-16(25)5-7-17)28-30-22(31)34-13(2)21(33)29-27-11-14-9-15(23)10-18(24)20(14)32/h3-7,9-11,13,26,32H,1,8,12H2,2H3,(H,29,33)/b27-11+/t13-/m0/s1. The number of hydrogen-bond acceptors (Lipinski definition) is 7. The van der Waals surface area contributed by atoms with E-state index in [1.54, 1.807) is 37.3 Å². The maximum Gasteiger partial charge on any atom is 0.253 e. The van der Waals surface area contributed by atoms with Crippen LogP contribution in [0.15, 0.2) is 68.3 Å². The minimum Gasteiger partial charge on any atom is -0.506 e. The topological polar surface area (TPSA) is 104 Å². The predicted octanol–water partition coefficient (Wildman–Crippen LogP) is 5.59. The Balaban J connectivity index is 1.63. The van der Waals surface area contributed by atoms with Gasteiger partial charge in [0.2, 0.25) is 0 Å². The summed E-state index contributed by atoms with van der Waals surface area (Å²) in [5.74, 6) is 0.420. The smallest absolute Gasteiger partial charge is 0.253 e. The SMILES string of the molecule is C=CCn1c(CNc2ccc(Cl)cc2)nnc1S[C@@H](C)C(=O)N/N=C/c1cc(Br)cc(Br)c1O. The van der Waals surface area contributed by atoms with Gasteiger partial charge in [0.25, 0.3) is 5.91 Å². The van der Waals surface area contributed by atoms with Gasteiger partial charge in [-0.15, -0.1) is 16.8 Å². The third-order valence-corrected chi connectivity index (χ3v) is 6.88. The van der Waals surface area contributed by atoms with Gasteiger partial charge in [0.1, 0.15) is 5.75 Å². The van der Waals surface area contributed by atoms with Gasteiger partial charge in [0.05, 0.1) is 22.5 Å². The summed E-state index contributed by atoms with van der Waals surface area (Å²) < 4.78 is 3.17. The third kappa shape index (κ3) is 7.08. The van der Waals surface area contributed by atoms with Crippen molar-refractivity contribution in [2.45, 2.75) is 30.4 Å². The van der Waals surface area contributed by atoms with Crippen LogP contribution in [0.1, 0.15) is 18.3 Å². The summed E-state index contributed by atoms with van der Waals surface area (Å²) >= 11 is 13.8. The van der Waals surface area contributed by atoms with Crippen LogP contribution in [-0.4, -0.2) is 37.2 Å². The molecule has 34 heavy (non-hydrogen) atoms. The number of anilines is 1. The number of hydrogen-bond donors (Lipinski definition) is 3. The molecule has 0 spiro atoms. The normalized spacial score (nSPS) is 12.0. The Hall–Kier alpha value is -2.34. The van der Waals surface area contributed by atoms with Crippen LogP contribution in [0.25, 0.3) is 0 Å². The highest BCUT2D eigenvalue weighted by atomic mass is 79.9. The molecule has 0 radical (unpaired) electrons. The van der Waals surface area contributed by atoms with E-state index in [0.717, 1.165) is 10.2 Å². The van der Waals surface area contributed by atoms with Gasteiger partial charge in [0, 0.05) is 27.3 Å². The largest absolute Gasteiger partial charge is 0.506 e. The second-order valence-electron chi connectivity index (χ2n) is 6.98. The van der Waals surface area contributed by atoms with Crippen molar-refractivity contribution in [2.24, 2.45) is 5.10 Å². The first kappa shape index (κ1) is 26.3. The average Bonchev–Trinajstić information content (AvgIpc) is 3.17. The monoisotopic (exact) mass is 626 g/mol. The maximum absolute atomic E-state index is 12.5. The van der Waals surface area contributed by atoms with Crippen LogP contribution in [0, 0.1) is 0 Å². The molecule has 1 atom stereocenters. The van der Waals surface area contributed by atoms with E-state index in [9.17, 15) is 9.90 Å². The molecular weight excluding hydrogens is 608 g/mol. The van der Waals surface area contributed by atoms with Gasteiger partial charge >= 0.3 is 0 Å². The number of hydrazone groups is 1. The van der Waals surface area contributed by atoms with E-state index in [2.05, 4.69) is 64.5 Å². The number of nitrogens with zero attached hydrogens (tertiary/aromatic N) is 4. The summed E-state index contributed by atoms with van der Waals surface area (Å²) in [5, 5.41) is 26.6. The van der Waals surface area contributed by atoms with Crippen molar-refractivity contribution in [2.75, 3.05) is 5.32 Å². The number of carbonyl (C=O) groups excluding carboxylic acids is 1. The molecule has 0 fully saturated rings. The Bertz CT molecular complexity index is 1200. The third-order valence-electron chi connectivity index (χ3n) is 4.49. The van der Waals surface area contributed by atoms with E-state index >= 15 is 0 Å². The molecule has 2 aromatic carbocycles. The predicted molar refractivity (Wildman–Crippen MR) is 144 cm³/mol. The van der Waals surface area contributed by atoms with Crippen molar-refractivity contribution in [1.82, 2.24) is 20.2 Å². The molecule has 178 valence electrons. The number of benzene rings is 2. The highest BCUT2D eigenvalue weighted by Crippen LogP contribution is 2.30.